The summed E-state index contributed by atoms with van der Waals surface area (Å²) < 4.78 is 0. The Morgan fingerprint density at radius 2 is 1.42 bits per heavy atom. The Bertz CT molecular complexity index is 560. The Hall–Kier alpha value is -0.910. The van der Waals surface area contributed by atoms with Gasteiger partial charge in [0, 0.05) is 23.5 Å². The van der Waals surface area contributed by atoms with E-state index in [0.717, 1.165) is 31.4 Å². The molecule has 2 aliphatic heterocycles. The molecule has 5 nitrogen and oxygen atoms in total. The van der Waals surface area contributed by atoms with Crippen LogP contribution in [0.5, 0.6) is 0 Å². The van der Waals surface area contributed by atoms with Crippen LogP contribution in [0.1, 0.15) is 150 Å². The van der Waals surface area contributed by atoms with Gasteiger partial charge in [0.25, 0.3) is 0 Å². The summed E-state index contributed by atoms with van der Waals surface area (Å²) in [4.78, 5) is 23.7. The predicted molar refractivity (Wildman–Crippen MR) is 158 cm³/mol. The molecule has 3 N–H and O–H groups in total. The van der Waals surface area contributed by atoms with Gasteiger partial charge in [0.2, 0.25) is 5.91 Å². The monoisotopic (exact) mass is 525 g/mol. The molecule has 0 bridgehead atoms. The molecule has 3 amide bonds. The lowest BCUT2D eigenvalue weighted by Crippen LogP contribution is -2.36. The SMILES string of the molecule is CC.CCCCCCCCCCCCCCCCC(C)NC(=O)CCCC[C@@H]1SC[C@@H]2NC(=O)N[C@@H]21. The van der Waals surface area contributed by atoms with Crippen molar-refractivity contribution in [3.63, 3.8) is 0 Å². The lowest BCUT2D eigenvalue weighted by molar-refractivity contribution is -0.121. The maximum absolute atomic E-state index is 12.2. The van der Waals surface area contributed by atoms with Crippen molar-refractivity contribution in [1.82, 2.24) is 16.0 Å². The molecule has 0 spiro atoms. The molecule has 1 unspecified atom stereocenters. The average Bonchev–Trinajstić information content (AvgIpc) is 3.42. The maximum atomic E-state index is 12.2. The van der Waals surface area contributed by atoms with Crippen molar-refractivity contribution in [2.24, 2.45) is 0 Å². The quantitative estimate of drug-likeness (QED) is 0.105. The molecule has 2 heterocycles. The van der Waals surface area contributed by atoms with Gasteiger partial charge in [0.1, 0.15) is 0 Å². The minimum Gasteiger partial charge on any atom is -0.354 e. The summed E-state index contributed by atoms with van der Waals surface area (Å²) in [5, 5.41) is 9.71. The predicted octanol–water partition coefficient (Wildman–Crippen LogP) is 8.11. The normalized spacial score (nSPS) is 21.2. The van der Waals surface area contributed by atoms with E-state index in [1.165, 1.54) is 89.9 Å². The van der Waals surface area contributed by atoms with Crippen LogP contribution in [0.4, 0.5) is 4.79 Å². The summed E-state index contributed by atoms with van der Waals surface area (Å²) in [7, 11) is 0. The van der Waals surface area contributed by atoms with E-state index in [4.69, 9.17) is 0 Å². The minimum atomic E-state index is -0.0209. The number of nitrogens with one attached hydrogen (secondary N) is 3. The molecule has 0 radical (unpaired) electrons. The van der Waals surface area contributed by atoms with E-state index >= 15 is 0 Å². The Morgan fingerprint density at radius 3 is 2.00 bits per heavy atom. The Labute approximate surface area is 227 Å². The van der Waals surface area contributed by atoms with E-state index in [-0.39, 0.29) is 24.0 Å². The zero-order chi connectivity index (χ0) is 26.4. The molecule has 0 aliphatic carbocycles. The second kappa shape index (κ2) is 22.1. The topological polar surface area (TPSA) is 70.2 Å². The first-order chi connectivity index (χ1) is 17.6. The third-order valence-electron chi connectivity index (χ3n) is 7.48. The number of urea groups is 1. The Balaban J connectivity index is 0.00000316. The molecule has 2 saturated heterocycles. The highest BCUT2D eigenvalue weighted by Gasteiger charge is 2.42. The second-order valence-corrected chi connectivity index (χ2v) is 12.0. The van der Waals surface area contributed by atoms with Crippen LogP contribution >= 0.6 is 11.8 Å². The maximum Gasteiger partial charge on any atom is 0.315 e. The highest BCUT2D eigenvalue weighted by Crippen LogP contribution is 2.33. The summed E-state index contributed by atoms with van der Waals surface area (Å²) in [6, 6.07) is 0.834. The zero-order valence-corrected chi connectivity index (χ0v) is 25.0. The van der Waals surface area contributed by atoms with E-state index in [2.05, 4.69) is 29.8 Å². The first kappa shape index (κ1) is 33.1. The van der Waals surface area contributed by atoms with Gasteiger partial charge in [0.05, 0.1) is 12.1 Å². The first-order valence-electron chi connectivity index (χ1n) is 15.6. The van der Waals surface area contributed by atoms with Gasteiger partial charge in [-0.15, -0.1) is 0 Å². The lowest BCUT2D eigenvalue weighted by Gasteiger charge is -2.17. The van der Waals surface area contributed by atoms with Gasteiger partial charge in [-0.1, -0.05) is 117 Å². The second-order valence-electron chi connectivity index (χ2n) is 10.7. The molecule has 4 atom stereocenters. The average molecular weight is 526 g/mol. The number of fused-ring (bicyclic) bond motifs is 1. The lowest BCUT2D eigenvalue weighted by atomic mass is 10.0. The number of carbonyl (C=O) groups excluding carboxylic acids is 2. The van der Waals surface area contributed by atoms with Crippen molar-refractivity contribution in [2.75, 3.05) is 5.75 Å². The summed E-state index contributed by atoms with van der Waals surface area (Å²) in [5.74, 6) is 1.20. The van der Waals surface area contributed by atoms with Crippen LogP contribution in [0, 0.1) is 0 Å². The largest absolute Gasteiger partial charge is 0.354 e. The molecule has 36 heavy (non-hydrogen) atoms. The van der Waals surface area contributed by atoms with Gasteiger partial charge in [-0.2, -0.15) is 11.8 Å². The third-order valence-corrected chi connectivity index (χ3v) is 8.99. The Kier molecular flexibility index (Phi) is 20.3. The van der Waals surface area contributed by atoms with Crippen molar-refractivity contribution in [3.8, 4) is 0 Å². The van der Waals surface area contributed by atoms with Crippen molar-refractivity contribution in [3.05, 3.63) is 0 Å². The van der Waals surface area contributed by atoms with Crippen molar-refractivity contribution in [1.29, 1.82) is 0 Å². The fourth-order valence-electron chi connectivity index (χ4n) is 5.34. The number of unbranched alkanes of at least 4 members (excludes halogenated alkanes) is 14. The molecule has 6 heteroatoms. The molecule has 0 aromatic carbocycles. The van der Waals surface area contributed by atoms with Crippen LogP contribution in [0.15, 0.2) is 0 Å². The highest BCUT2D eigenvalue weighted by molar-refractivity contribution is 8.00. The van der Waals surface area contributed by atoms with Crippen molar-refractivity contribution in [2.45, 2.75) is 173 Å². The number of hydrogen-bond acceptors (Lipinski definition) is 3. The zero-order valence-electron chi connectivity index (χ0n) is 24.2. The summed E-state index contributed by atoms with van der Waals surface area (Å²) in [5.41, 5.74) is 0. The Morgan fingerprint density at radius 1 is 0.861 bits per heavy atom. The number of thioether (sulfide) groups is 1. The fourth-order valence-corrected chi connectivity index (χ4v) is 6.88. The van der Waals surface area contributed by atoms with E-state index in [1.54, 1.807) is 0 Å². The van der Waals surface area contributed by atoms with Gasteiger partial charge in [0.15, 0.2) is 0 Å². The summed E-state index contributed by atoms with van der Waals surface area (Å²) >= 11 is 1.95. The van der Waals surface area contributed by atoms with E-state index in [1.807, 2.05) is 25.6 Å². The molecule has 2 aliphatic rings. The number of carbonyl (C=O) groups is 2. The smallest absolute Gasteiger partial charge is 0.315 e. The van der Waals surface area contributed by atoms with Crippen molar-refractivity contribution < 1.29 is 9.59 Å². The molecular formula is C30H59N3O2S. The van der Waals surface area contributed by atoms with E-state index in [0.29, 0.717) is 17.7 Å². The van der Waals surface area contributed by atoms with Gasteiger partial charge >= 0.3 is 6.03 Å². The number of rotatable bonds is 21. The minimum absolute atomic E-state index is 0.0209. The molecule has 0 saturated carbocycles. The first-order valence-corrected chi connectivity index (χ1v) is 16.6. The molecule has 212 valence electrons. The van der Waals surface area contributed by atoms with Crippen LogP contribution in [0.25, 0.3) is 0 Å². The summed E-state index contributed by atoms with van der Waals surface area (Å²) in [6.07, 6.45) is 24.2. The summed E-state index contributed by atoms with van der Waals surface area (Å²) in [6.45, 7) is 8.43. The molecule has 0 aromatic heterocycles. The van der Waals surface area contributed by atoms with Crippen LogP contribution in [-0.4, -0.2) is 41.1 Å². The number of hydrogen-bond donors (Lipinski definition) is 3. The number of amides is 3. The van der Waals surface area contributed by atoms with Gasteiger partial charge < -0.3 is 16.0 Å². The van der Waals surface area contributed by atoms with Crippen LogP contribution in [0.2, 0.25) is 0 Å². The fraction of sp³-hybridized carbons (Fsp3) is 0.933. The molecule has 0 aromatic rings. The van der Waals surface area contributed by atoms with E-state index < -0.39 is 0 Å². The van der Waals surface area contributed by atoms with Crippen LogP contribution < -0.4 is 16.0 Å². The third kappa shape index (κ3) is 15.4. The standard InChI is InChI=1S/C28H53N3O2S.C2H6/c1-3-4-5-6-7-8-9-10-11-12-13-14-15-16-19-23(2)29-26(32)21-18-17-20-25-27-24(22-34-25)30-28(33)31-27;1-2/h23-25,27H,3-22H2,1-2H3,(H,29,32)(H2,30,31,33);1-2H3/t23?,24-,25-,27-;/m0./s1. The molecule has 2 fully saturated rings. The van der Waals surface area contributed by atoms with Crippen LogP contribution in [-0.2, 0) is 4.79 Å². The van der Waals surface area contributed by atoms with Crippen LogP contribution in [0.3, 0.4) is 0 Å². The van der Waals surface area contributed by atoms with E-state index in [9.17, 15) is 9.59 Å². The van der Waals surface area contributed by atoms with Gasteiger partial charge in [-0.25, -0.2) is 4.79 Å². The van der Waals surface area contributed by atoms with Crippen molar-refractivity contribution >= 4 is 23.7 Å². The van der Waals surface area contributed by atoms with Gasteiger partial charge in [-0.3, -0.25) is 4.79 Å². The van der Waals surface area contributed by atoms with Gasteiger partial charge in [-0.05, 0) is 26.2 Å². The highest BCUT2D eigenvalue weighted by atomic mass is 32.2. The molecule has 2 rings (SSSR count). The molecular weight excluding hydrogens is 466 g/mol.